The van der Waals surface area contributed by atoms with Crippen LogP contribution < -0.4 is 5.32 Å². The Labute approximate surface area is 116 Å². The van der Waals surface area contributed by atoms with E-state index in [0.717, 1.165) is 5.56 Å². The van der Waals surface area contributed by atoms with E-state index in [0.29, 0.717) is 5.56 Å². The largest absolute Gasteiger partial charge is 0.480 e. The number of rotatable bonds is 6. The topological polar surface area (TPSA) is 92.7 Å². The standard InChI is InChI=1S/C14H17NO5/c1-9-4-3-5-10(8-9)13(17)15-11(14(18)19)6-7-12(16)20-2/h3-5,8,11H,6-7H2,1-2H3,(H,15,17)(H,18,19). The van der Waals surface area contributed by atoms with Crippen LogP contribution in [0.4, 0.5) is 0 Å². The molecule has 0 aromatic heterocycles. The summed E-state index contributed by atoms with van der Waals surface area (Å²) in [7, 11) is 1.23. The van der Waals surface area contributed by atoms with Crippen LogP contribution in [0.25, 0.3) is 0 Å². The molecule has 0 aliphatic carbocycles. The maximum absolute atomic E-state index is 11.9. The van der Waals surface area contributed by atoms with Crippen LogP contribution >= 0.6 is 0 Å². The lowest BCUT2D eigenvalue weighted by molar-refractivity contribution is -0.142. The van der Waals surface area contributed by atoms with Crippen LogP contribution in [0.5, 0.6) is 0 Å². The van der Waals surface area contributed by atoms with Crippen LogP contribution in [0.1, 0.15) is 28.8 Å². The molecule has 0 bridgehead atoms. The molecule has 0 spiro atoms. The van der Waals surface area contributed by atoms with Crippen LogP contribution in [0, 0.1) is 6.92 Å². The minimum atomic E-state index is -1.19. The van der Waals surface area contributed by atoms with Crippen molar-refractivity contribution < 1.29 is 24.2 Å². The molecule has 0 saturated carbocycles. The highest BCUT2D eigenvalue weighted by Crippen LogP contribution is 2.06. The lowest BCUT2D eigenvalue weighted by atomic mass is 10.1. The van der Waals surface area contributed by atoms with Crippen molar-refractivity contribution in [2.45, 2.75) is 25.8 Å². The Balaban J connectivity index is 2.68. The number of aliphatic carboxylic acids is 1. The zero-order chi connectivity index (χ0) is 15.1. The van der Waals surface area contributed by atoms with Gasteiger partial charge in [-0.15, -0.1) is 0 Å². The average molecular weight is 279 g/mol. The number of aryl methyl sites for hydroxylation is 1. The van der Waals surface area contributed by atoms with E-state index in [9.17, 15) is 14.4 Å². The number of carboxylic acid groups (broad SMARTS) is 1. The van der Waals surface area contributed by atoms with Gasteiger partial charge in [0.1, 0.15) is 6.04 Å². The van der Waals surface area contributed by atoms with Gasteiger partial charge in [0.05, 0.1) is 7.11 Å². The van der Waals surface area contributed by atoms with Gasteiger partial charge in [0.15, 0.2) is 0 Å². The highest BCUT2D eigenvalue weighted by Gasteiger charge is 2.21. The zero-order valence-corrected chi connectivity index (χ0v) is 11.4. The van der Waals surface area contributed by atoms with Gasteiger partial charge in [-0.05, 0) is 25.5 Å². The lowest BCUT2D eigenvalue weighted by Crippen LogP contribution is -2.41. The third-order valence-electron chi connectivity index (χ3n) is 2.75. The molecule has 1 amide bonds. The first-order valence-corrected chi connectivity index (χ1v) is 6.11. The number of hydrogen-bond acceptors (Lipinski definition) is 4. The molecule has 6 nitrogen and oxygen atoms in total. The van der Waals surface area contributed by atoms with Crippen molar-refractivity contribution in [1.29, 1.82) is 0 Å². The van der Waals surface area contributed by atoms with Gasteiger partial charge >= 0.3 is 11.9 Å². The molecule has 0 fully saturated rings. The van der Waals surface area contributed by atoms with Crippen molar-refractivity contribution in [3.05, 3.63) is 35.4 Å². The Hall–Kier alpha value is -2.37. The molecule has 0 radical (unpaired) electrons. The molecule has 0 heterocycles. The highest BCUT2D eigenvalue weighted by molar-refractivity contribution is 5.96. The highest BCUT2D eigenvalue weighted by atomic mass is 16.5. The molecule has 1 aromatic rings. The first kappa shape index (κ1) is 15.7. The van der Waals surface area contributed by atoms with Gasteiger partial charge in [0.2, 0.25) is 0 Å². The minimum Gasteiger partial charge on any atom is -0.480 e. The average Bonchev–Trinajstić information content (AvgIpc) is 2.42. The minimum absolute atomic E-state index is 0.0143. The Morgan fingerprint density at radius 2 is 2.05 bits per heavy atom. The summed E-state index contributed by atoms with van der Waals surface area (Å²) in [5.74, 6) is -2.18. The van der Waals surface area contributed by atoms with Crippen LogP contribution in [-0.4, -0.2) is 36.1 Å². The van der Waals surface area contributed by atoms with E-state index in [2.05, 4.69) is 10.1 Å². The molecule has 0 aliphatic rings. The lowest BCUT2D eigenvalue weighted by Gasteiger charge is -2.14. The molecule has 2 N–H and O–H groups in total. The van der Waals surface area contributed by atoms with Gasteiger partial charge in [-0.2, -0.15) is 0 Å². The molecule has 108 valence electrons. The molecule has 6 heteroatoms. The molecule has 1 aromatic carbocycles. The molecular weight excluding hydrogens is 262 g/mol. The van der Waals surface area contributed by atoms with Gasteiger partial charge < -0.3 is 15.2 Å². The number of methoxy groups -OCH3 is 1. The third kappa shape index (κ3) is 4.72. The van der Waals surface area contributed by atoms with Crippen molar-refractivity contribution in [3.8, 4) is 0 Å². The van der Waals surface area contributed by atoms with Crippen LogP contribution in [0.15, 0.2) is 24.3 Å². The van der Waals surface area contributed by atoms with Crippen LogP contribution in [0.3, 0.4) is 0 Å². The monoisotopic (exact) mass is 279 g/mol. The SMILES string of the molecule is COC(=O)CCC(NC(=O)c1cccc(C)c1)C(=O)O. The number of carbonyl (C=O) groups is 3. The summed E-state index contributed by atoms with van der Waals surface area (Å²) in [6.45, 7) is 1.84. The Bertz CT molecular complexity index is 512. The quantitative estimate of drug-likeness (QED) is 0.761. The van der Waals surface area contributed by atoms with E-state index in [4.69, 9.17) is 5.11 Å². The van der Waals surface area contributed by atoms with E-state index in [1.807, 2.05) is 13.0 Å². The Morgan fingerprint density at radius 3 is 2.60 bits per heavy atom. The van der Waals surface area contributed by atoms with E-state index < -0.39 is 23.9 Å². The van der Waals surface area contributed by atoms with Crippen LogP contribution in [-0.2, 0) is 14.3 Å². The number of benzene rings is 1. The first-order valence-electron chi connectivity index (χ1n) is 6.11. The summed E-state index contributed by atoms with van der Waals surface area (Å²) in [5, 5.41) is 11.4. The fraction of sp³-hybridized carbons (Fsp3) is 0.357. The van der Waals surface area contributed by atoms with E-state index in [1.165, 1.54) is 7.11 Å². The second-order valence-electron chi connectivity index (χ2n) is 4.35. The van der Waals surface area contributed by atoms with E-state index in [-0.39, 0.29) is 12.8 Å². The normalized spacial score (nSPS) is 11.5. The summed E-state index contributed by atoms with van der Waals surface area (Å²) < 4.78 is 4.44. The summed E-state index contributed by atoms with van der Waals surface area (Å²) >= 11 is 0. The number of carboxylic acids is 1. The Kier molecular flexibility index (Phi) is 5.71. The van der Waals surface area contributed by atoms with Gasteiger partial charge in [0, 0.05) is 12.0 Å². The molecule has 1 unspecified atom stereocenters. The number of hydrogen-bond donors (Lipinski definition) is 2. The fourth-order valence-corrected chi connectivity index (χ4v) is 1.65. The number of ether oxygens (including phenoxy) is 1. The van der Waals surface area contributed by atoms with Crippen molar-refractivity contribution in [2.24, 2.45) is 0 Å². The summed E-state index contributed by atoms with van der Waals surface area (Å²) in [4.78, 5) is 34.0. The van der Waals surface area contributed by atoms with Crippen molar-refractivity contribution in [2.75, 3.05) is 7.11 Å². The van der Waals surface area contributed by atoms with Crippen molar-refractivity contribution in [1.82, 2.24) is 5.32 Å². The third-order valence-corrected chi connectivity index (χ3v) is 2.75. The maximum Gasteiger partial charge on any atom is 0.326 e. The second kappa shape index (κ2) is 7.28. The predicted octanol–water partition coefficient (Wildman–Crippen LogP) is 1.13. The van der Waals surface area contributed by atoms with Crippen LogP contribution in [0.2, 0.25) is 0 Å². The summed E-state index contributed by atoms with van der Waals surface area (Å²) in [6, 6.07) is 5.69. The smallest absolute Gasteiger partial charge is 0.326 e. The maximum atomic E-state index is 11.9. The van der Waals surface area contributed by atoms with Gasteiger partial charge in [-0.3, -0.25) is 9.59 Å². The molecule has 1 rings (SSSR count). The second-order valence-corrected chi connectivity index (χ2v) is 4.35. The van der Waals surface area contributed by atoms with Crippen molar-refractivity contribution in [3.63, 3.8) is 0 Å². The van der Waals surface area contributed by atoms with Crippen molar-refractivity contribution >= 4 is 17.8 Å². The van der Waals surface area contributed by atoms with Gasteiger partial charge in [0.25, 0.3) is 5.91 Å². The van der Waals surface area contributed by atoms with Gasteiger partial charge in [-0.1, -0.05) is 17.7 Å². The number of nitrogens with one attached hydrogen (secondary N) is 1. The molecule has 0 aliphatic heterocycles. The van der Waals surface area contributed by atoms with E-state index in [1.54, 1.807) is 18.2 Å². The summed E-state index contributed by atoms with van der Waals surface area (Å²) in [6.07, 6.45) is -0.0822. The zero-order valence-electron chi connectivity index (χ0n) is 11.4. The Morgan fingerprint density at radius 1 is 1.35 bits per heavy atom. The molecule has 1 atom stereocenters. The van der Waals surface area contributed by atoms with E-state index >= 15 is 0 Å². The summed E-state index contributed by atoms with van der Waals surface area (Å²) in [5.41, 5.74) is 1.29. The number of esters is 1. The van der Waals surface area contributed by atoms with Gasteiger partial charge in [-0.25, -0.2) is 4.79 Å². The fourth-order valence-electron chi connectivity index (χ4n) is 1.65. The number of amides is 1. The predicted molar refractivity (Wildman–Crippen MR) is 71.3 cm³/mol. The molecular formula is C14H17NO5. The first-order chi connectivity index (χ1) is 9.43. The molecule has 0 saturated heterocycles. The number of carbonyl (C=O) groups excluding carboxylic acids is 2. The molecule has 20 heavy (non-hydrogen) atoms.